The molecule has 4 aromatic rings. The first-order chi connectivity index (χ1) is 21.4. The third kappa shape index (κ3) is 6.33. The number of hydrogen-bond donors (Lipinski definition) is 0. The van der Waals surface area contributed by atoms with Crippen molar-refractivity contribution in [2.45, 2.75) is 19.7 Å². The summed E-state index contributed by atoms with van der Waals surface area (Å²) in [6.07, 6.45) is -0.497. The highest BCUT2D eigenvalue weighted by atomic mass is 35.5. The van der Waals surface area contributed by atoms with Gasteiger partial charge < -0.3 is 19.1 Å². The highest BCUT2D eigenvalue weighted by Crippen LogP contribution is 2.42. The van der Waals surface area contributed by atoms with E-state index in [1.54, 1.807) is 7.11 Å². The second-order valence-electron chi connectivity index (χ2n) is 10.5. The van der Waals surface area contributed by atoms with Crippen LogP contribution in [0.15, 0.2) is 96.1 Å². The fourth-order valence-electron chi connectivity index (χ4n) is 5.37. The van der Waals surface area contributed by atoms with Gasteiger partial charge in [-0.1, -0.05) is 41.4 Å². The molecule has 44 heavy (non-hydrogen) atoms. The lowest BCUT2D eigenvalue weighted by Crippen LogP contribution is -2.38. The molecule has 2 heterocycles. The lowest BCUT2D eigenvalue weighted by molar-refractivity contribution is -0.111. The van der Waals surface area contributed by atoms with E-state index < -0.39 is 6.17 Å². The van der Waals surface area contributed by atoms with Crippen molar-refractivity contribution in [3.8, 4) is 11.5 Å². The molecule has 2 aliphatic rings. The second kappa shape index (κ2) is 13.2. The number of halogens is 2. The van der Waals surface area contributed by atoms with Gasteiger partial charge in [0.2, 0.25) is 0 Å². The zero-order valence-corrected chi connectivity index (χ0v) is 26.0. The molecule has 2 aliphatic heterocycles. The molecule has 0 N–H and O–H groups in total. The quantitative estimate of drug-likeness (QED) is 0.192. The summed E-state index contributed by atoms with van der Waals surface area (Å²) in [5, 5.41) is 7.97. The summed E-state index contributed by atoms with van der Waals surface area (Å²) >= 11 is 12.3. The summed E-state index contributed by atoms with van der Waals surface area (Å²) < 4.78 is 17.4. The fourth-order valence-corrected chi connectivity index (χ4v) is 5.62. The third-order valence-corrected chi connectivity index (χ3v) is 8.11. The fraction of sp³-hybridized carbons (Fsp3) is 0.235. The minimum absolute atomic E-state index is 0.154. The van der Waals surface area contributed by atoms with E-state index in [9.17, 15) is 4.79 Å². The lowest BCUT2D eigenvalue weighted by atomic mass is 10.1. The molecule has 226 valence electrons. The van der Waals surface area contributed by atoms with E-state index in [1.165, 1.54) is 6.92 Å². The molecule has 1 fully saturated rings. The van der Waals surface area contributed by atoms with E-state index in [2.05, 4.69) is 17.0 Å². The first-order valence-electron chi connectivity index (χ1n) is 14.3. The van der Waals surface area contributed by atoms with Gasteiger partial charge in [0.05, 0.1) is 26.0 Å². The van der Waals surface area contributed by atoms with E-state index in [0.29, 0.717) is 47.2 Å². The van der Waals surface area contributed by atoms with Crippen LogP contribution in [-0.4, -0.2) is 45.0 Å². The number of carbonyl (C=O) groups excluding carboxylic acids is 1. The van der Waals surface area contributed by atoms with Gasteiger partial charge in [-0.05, 0) is 78.4 Å². The van der Waals surface area contributed by atoms with Gasteiger partial charge >= 0.3 is 0 Å². The Morgan fingerprint density at radius 3 is 2.09 bits per heavy atom. The molecule has 8 nitrogen and oxygen atoms in total. The number of Topliss-reactive ketones (excluding diaryl/α,β-unsaturated/α-hetero) is 1. The Hall–Kier alpha value is -4.24. The number of hydrazone groups is 1. The van der Waals surface area contributed by atoms with Crippen molar-refractivity contribution in [3.63, 3.8) is 0 Å². The zero-order chi connectivity index (χ0) is 30.6. The van der Waals surface area contributed by atoms with Crippen LogP contribution in [0.4, 0.5) is 17.1 Å². The number of ether oxygens (including phenoxy) is 3. The van der Waals surface area contributed by atoms with Gasteiger partial charge in [-0.3, -0.25) is 9.69 Å². The lowest BCUT2D eigenvalue weighted by Gasteiger charge is -2.33. The normalized spacial score (nSPS) is 16.6. The predicted molar refractivity (Wildman–Crippen MR) is 176 cm³/mol. The van der Waals surface area contributed by atoms with E-state index in [0.717, 1.165) is 41.3 Å². The van der Waals surface area contributed by atoms with Crippen LogP contribution in [0, 0.1) is 0 Å². The minimum Gasteiger partial charge on any atom is -0.493 e. The van der Waals surface area contributed by atoms with Gasteiger partial charge in [-0.2, -0.15) is 0 Å². The Kier molecular flexibility index (Phi) is 8.93. The van der Waals surface area contributed by atoms with Crippen LogP contribution in [0.2, 0.25) is 10.0 Å². The molecular formula is C34H32Cl2N4O4. The number of morpholine rings is 1. The summed E-state index contributed by atoms with van der Waals surface area (Å²) in [6.45, 7) is 4.96. The Morgan fingerprint density at radius 2 is 1.45 bits per heavy atom. The molecule has 0 amide bonds. The Bertz CT molecular complexity index is 1640. The first kappa shape index (κ1) is 29.8. The van der Waals surface area contributed by atoms with Crippen molar-refractivity contribution in [1.29, 1.82) is 0 Å². The van der Waals surface area contributed by atoms with Gasteiger partial charge in [-0.15, -0.1) is 5.10 Å². The van der Waals surface area contributed by atoms with Crippen LogP contribution >= 0.6 is 23.2 Å². The number of rotatable bonds is 9. The smallest absolute Gasteiger partial charge is 0.198 e. The number of benzene rings is 4. The Morgan fingerprint density at radius 1 is 0.841 bits per heavy atom. The summed E-state index contributed by atoms with van der Waals surface area (Å²) in [7, 11) is 1.61. The van der Waals surface area contributed by atoms with Crippen LogP contribution < -0.4 is 24.3 Å². The summed E-state index contributed by atoms with van der Waals surface area (Å²) in [4.78, 5) is 17.3. The number of anilines is 3. The topological polar surface area (TPSA) is 66.8 Å². The molecule has 0 unspecified atom stereocenters. The largest absolute Gasteiger partial charge is 0.493 e. The van der Waals surface area contributed by atoms with Crippen molar-refractivity contribution in [2.24, 2.45) is 5.10 Å². The van der Waals surface area contributed by atoms with Crippen molar-refractivity contribution < 1.29 is 19.0 Å². The number of carbonyl (C=O) groups is 1. The van der Waals surface area contributed by atoms with E-state index in [4.69, 9.17) is 42.5 Å². The van der Waals surface area contributed by atoms with Gasteiger partial charge in [0.25, 0.3) is 0 Å². The van der Waals surface area contributed by atoms with E-state index >= 15 is 0 Å². The maximum atomic E-state index is 13.1. The van der Waals surface area contributed by atoms with Crippen LogP contribution in [-0.2, 0) is 16.1 Å². The Labute approximate surface area is 266 Å². The molecule has 0 spiro atoms. The molecule has 1 atom stereocenters. The molecular weight excluding hydrogens is 599 g/mol. The molecule has 10 heteroatoms. The summed E-state index contributed by atoms with van der Waals surface area (Å²) in [5.41, 5.74) is 4.56. The first-order valence-corrected chi connectivity index (χ1v) is 15.1. The van der Waals surface area contributed by atoms with Crippen LogP contribution in [0.25, 0.3) is 0 Å². The average molecular weight is 632 g/mol. The highest BCUT2D eigenvalue weighted by molar-refractivity contribution is 6.44. The Balaban J connectivity index is 1.37. The van der Waals surface area contributed by atoms with Gasteiger partial charge in [0, 0.05) is 47.0 Å². The number of ketones is 1. The maximum Gasteiger partial charge on any atom is 0.198 e. The number of amidine groups is 1. The van der Waals surface area contributed by atoms with E-state index in [-0.39, 0.29) is 5.78 Å². The molecule has 0 saturated carbocycles. The zero-order valence-electron chi connectivity index (χ0n) is 24.5. The summed E-state index contributed by atoms with van der Waals surface area (Å²) in [6, 6.07) is 28.9. The molecule has 1 saturated heterocycles. The molecule has 6 rings (SSSR count). The molecule has 0 bridgehead atoms. The number of nitrogens with zero attached hydrogens (tertiary/aromatic N) is 4. The third-order valence-electron chi connectivity index (χ3n) is 7.61. The SMILES string of the molecule is COc1cc([C@@H]2N(c3ccc(Cl)cc3)N=C(C(C)=O)N2c2ccc(N3CCOCC3)cc2)ccc1OCc1ccc(Cl)cc1. The highest BCUT2D eigenvalue weighted by Gasteiger charge is 2.39. The molecule has 4 aromatic carbocycles. The maximum absolute atomic E-state index is 13.1. The van der Waals surface area contributed by atoms with Crippen LogP contribution in [0.1, 0.15) is 24.2 Å². The second-order valence-corrected chi connectivity index (χ2v) is 11.4. The van der Waals surface area contributed by atoms with Crippen LogP contribution in [0.5, 0.6) is 11.5 Å². The molecule has 0 radical (unpaired) electrons. The van der Waals surface area contributed by atoms with Gasteiger partial charge in [0.15, 0.2) is 29.3 Å². The molecule has 0 aliphatic carbocycles. The standard InChI is InChI=1S/C34H32Cl2N4O4/c1-23(41)33-37-40(30-10-8-27(36)9-11-30)34(39(33)29-14-12-28(13-15-29)38-17-19-43-20-18-38)25-5-16-31(32(21-25)42-2)44-22-24-3-6-26(35)7-4-24/h3-16,21,34H,17-20,22H2,1-2H3/t34-/m0/s1. The van der Waals surface area contributed by atoms with Crippen molar-refractivity contribution >= 4 is 51.9 Å². The van der Waals surface area contributed by atoms with E-state index in [1.807, 2.05) is 88.8 Å². The monoisotopic (exact) mass is 630 g/mol. The van der Waals surface area contributed by atoms with Crippen LogP contribution in [0.3, 0.4) is 0 Å². The number of methoxy groups -OCH3 is 1. The van der Waals surface area contributed by atoms with Crippen molar-refractivity contribution in [3.05, 3.63) is 112 Å². The van der Waals surface area contributed by atoms with Crippen molar-refractivity contribution in [1.82, 2.24) is 0 Å². The van der Waals surface area contributed by atoms with Gasteiger partial charge in [0.1, 0.15) is 6.61 Å². The van der Waals surface area contributed by atoms with Crippen molar-refractivity contribution in [2.75, 3.05) is 48.2 Å². The number of hydrogen-bond acceptors (Lipinski definition) is 8. The van der Waals surface area contributed by atoms with Gasteiger partial charge in [-0.25, -0.2) is 5.01 Å². The summed E-state index contributed by atoms with van der Waals surface area (Å²) in [5.74, 6) is 1.33. The average Bonchev–Trinajstić information content (AvgIpc) is 3.46. The predicted octanol–water partition coefficient (Wildman–Crippen LogP) is 7.35. The minimum atomic E-state index is -0.497. The molecule has 0 aromatic heterocycles.